The molecule has 0 atom stereocenters. The van der Waals surface area contributed by atoms with Crippen LogP contribution in [0, 0.1) is 6.92 Å². The van der Waals surface area contributed by atoms with Gasteiger partial charge in [-0.3, -0.25) is 4.98 Å². The molecular weight excluding hydrogens is 477 g/mol. The van der Waals surface area contributed by atoms with Crippen LogP contribution in [0.25, 0.3) is 11.1 Å². The van der Waals surface area contributed by atoms with E-state index in [9.17, 15) is 0 Å². The van der Waals surface area contributed by atoms with E-state index in [0.717, 1.165) is 28.3 Å². The molecule has 10 heteroatoms. The molecule has 0 radical (unpaired) electrons. The SMILES string of the molecule is COc1cc(Nc2nc(Oc3ccccc3Cl)n(C(C)C)n2)ccc1-c1ccnc(C)c1.Cl.O. The number of rotatable bonds is 7. The van der Waals surface area contributed by atoms with Crippen molar-refractivity contribution in [3.05, 3.63) is 71.5 Å². The molecule has 0 aliphatic heterocycles. The van der Waals surface area contributed by atoms with Gasteiger partial charge >= 0.3 is 6.01 Å². The molecule has 180 valence electrons. The number of nitrogens with zero attached hydrogens (tertiary/aromatic N) is 4. The number of hydrogen-bond acceptors (Lipinski definition) is 6. The molecule has 2 aromatic heterocycles. The van der Waals surface area contributed by atoms with Gasteiger partial charge in [-0.2, -0.15) is 4.98 Å². The van der Waals surface area contributed by atoms with Crippen LogP contribution in [0.4, 0.5) is 11.6 Å². The van der Waals surface area contributed by atoms with Crippen molar-refractivity contribution < 1.29 is 14.9 Å². The highest BCUT2D eigenvalue weighted by atomic mass is 35.5. The van der Waals surface area contributed by atoms with E-state index >= 15 is 0 Å². The lowest BCUT2D eigenvalue weighted by Crippen LogP contribution is -2.05. The van der Waals surface area contributed by atoms with E-state index in [4.69, 9.17) is 21.1 Å². The number of anilines is 2. The van der Waals surface area contributed by atoms with Gasteiger partial charge in [0, 0.05) is 29.2 Å². The van der Waals surface area contributed by atoms with E-state index in [2.05, 4.69) is 20.4 Å². The third kappa shape index (κ3) is 5.96. The minimum Gasteiger partial charge on any atom is -0.496 e. The largest absolute Gasteiger partial charge is 0.496 e. The fourth-order valence-corrected chi connectivity index (χ4v) is 3.42. The molecule has 4 rings (SSSR count). The molecule has 3 N–H and O–H groups in total. The van der Waals surface area contributed by atoms with Gasteiger partial charge in [0.2, 0.25) is 5.95 Å². The van der Waals surface area contributed by atoms with E-state index < -0.39 is 0 Å². The Labute approximate surface area is 209 Å². The van der Waals surface area contributed by atoms with Crippen molar-refractivity contribution >= 4 is 35.6 Å². The predicted molar refractivity (Wildman–Crippen MR) is 137 cm³/mol. The molecule has 8 nitrogen and oxygen atoms in total. The van der Waals surface area contributed by atoms with Crippen molar-refractivity contribution in [3.8, 4) is 28.6 Å². The van der Waals surface area contributed by atoms with E-state index in [1.807, 2.05) is 63.2 Å². The lowest BCUT2D eigenvalue weighted by molar-refractivity contribution is 0.376. The minimum absolute atomic E-state index is 0. The second-order valence-corrected chi connectivity index (χ2v) is 7.92. The molecule has 2 aromatic carbocycles. The van der Waals surface area contributed by atoms with Gasteiger partial charge in [0.1, 0.15) is 11.5 Å². The third-order valence-corrected chi connectivity index (χ3v) is 5.10. The van der Waals surface area contributed by atoms with Gasteiger partial charge in [0.05, 0.1) is 18.2 Å². The number of methoxy groups -OCH3 is 1. The maximum absolute atomic E-state index is 6.24. The summed E-state index contributed by atoms with van der Waals surface area (Å²) in [5, 5.41) is 8.30. The van der Waals surface area contributed by atoms with Crippen molar-refractivity contribution in [2.75, 3.05) is 12.4 Å². The lowest BCUT2D eigenvalue weighted by Gasteiger charge is -2.11. The number of nitrogens with one attached hydrogen (secondary N) is 1. The normalized spacial score (nSPS) is 10.3. The monoisotopic (exact) mass is 503 g/mol. The summed E-state index contributed by atoms with van der Waals surface area (Å²) in [7, 11) is 1.65. The number of hydrogen-bond donors (Lipinski definition) is 1. The molecule has 0 unspecified atom stereocenters. The smallest absolute Gasteiger partial charge is 0.322 e. The summed E-state index contributed by atoms with van der Waals surface area (Å²) < 4.78 is 13.3. The highest BCUT2D eigenvalue weighted by Gasteiger charge is 2.17. The van der Waals surface area contributed by atoms with E-state index in [1.165, 1.54) is 0 Å². The molecule has 0 saturated heterocycles. The van der Waals surface area contributed by atoms with Crippen molar-refractivity contribution in [2.45, 2.75) is 26.8 Å². The standard InChI is InChI=1S/C24H24ClN5O2.ClH.H2O/c1-15(2)30-24(32-21-8-6-5-7-20(21)25)28-23(29-30)27-18-9-10-19(22(14-18)31-4)17-11-12-26-16(3)13-17;;/h5-15H,1-4H3,(H,27,29);1H;1H2. The Kier molecular flexibility index (Phi) is 9.26. The van der Waals surface area contributed by atoms with Gasteiger partial charge < -0.3 is 20.3 Å². The fraction of sp³-hybridized carbons (Fsp3) is 0.208. The van der Waals surface area contributed by atoms with Crippen molar-refractivity contribution in [2.24, 2.45) is 0 Å². The van der Waals surface area contributed by atoms with Crippen LogP contribution >= 0.6 is 24.0 Å². The maximum atomic E-state index is 6.24. The highest BCUT2D eigenvalue weighted by molar-refractivity contribution is 6.32. The molecule has 0 saturated carbocycles. The first kappa shape index (κ1) is 26.9. The quantitative estimate of drug-likeness (QED) is 0.330. The van der Waals surface area contributed by atoms with Crippen LogP contribution in [0.3, 0.4) is 0 Å². The summed E-state index contributed by atoms with van der Waals surface area (Å²) >= 11 is 6.24. The molecule has 0 spiro atoms. The number of ether oxygens (including phenoxy) is 2. The molecule has 0 bridgehead atoms. The number of halogens is 2. The molecule has 34 heavy (non-hydrogen) atoms. The minimum atomic E-state index is 0. The predicted octanol–water partition coefficient (Wildman–Crippen LogP) is 6.02. The van der Waals surface area contributed by atoms with Crippen LogP contribution in [0.5, 0.6) is 17.5 Å². The Balaban J connectivity index is 0.00000204. The van der Waals surface area contributed by atoms with Gasteiger partial charge in [-0.25, -0.2) is 4.68 Å². The molecule has 0 aliphatic rings. The number of para-hydroxylation sites is 1. The summed E-state index contributed by atoms with van der Waals surface area (Å²) in [6.07, 6.45) is 1.79. The van der Waals surface area contributed by atoms with Gasteiger partial charge in [-0.1, -0.05) is 23.7 Å². The van der Waals surface area contributed by atoms with Gasteiger partial charge in [-0.15, -0.1) is 17.5 Å². The van der Waals surface area contributed by atoms with Crippen LogP contribution in [-0.4, -0.2) is 32.3 Å². The lowest BCUT2D eigenvalue weighted by atomic mass is 10.0. The Morgan fingerprint density at radius 3 is 2.47 bits per heavy atom. The Morgan fingerprint density at radius 1 is 1.03 bits per heavy atom. The number of aromatic nitrogens is 4. The first-order valence-electron chi connectivity index (χ1n) is 10.2. The fourth-order valence-electron chi connectivity index (χ4n) is 3.24. The zero-order valence-corrected chi connectivity index (χ0v) is 20.8. The summed E-state index contributed by atoms with van der Waals surface area (Å²) in [5.74, 6) is 1.67. The summed E-state index contributed by atoms with van der Waals surface area (Å²) in [6, 6.07) is 17.5. The Morgan fingerprint density at radius 2 is 1.79 bits per heavy atom. The maximum Gasteiger partial charge on any atom is 0.322 e. The van der Waals surface area contributed by atoms with E-state index in [-0.39, 0.29) is 23.9 Å². The molecule has 2 heterocycles. The van der Waals surface area contributed by atoms with E-state index in [0.29, 0.717) is 22.7 Å². The van der Waals surface area contributed by atoms with Gasteiger partial charge in [0.25, 0.3) is 0 Å². The Bertz CT molecular complexity index is 1250. The second-order valence-electron chi connectivity index (χ2n) is 7.51. The summed E-state index contributed by atoms with van der Waals surface area (Å²) in [5.41, 5.74) is 3.76. The Hall–Kier alpha value is -3.33. The topological polar surface area (TPSA) is 106 Å². The number of benzene rings is 2. The molecule has 4 aromatic rings. The average Bonchev–Trinajstić information content (AvgIpc) is 3.17. The highest BCUT2D eigenvalue weighted by Crippen LogP contribution is 2.34. The van der Waals surface area contributed by atoms with Crippen molar-refractivity contribution in [3.63, 3.8) is 0 Å². The van der Waals surface area contributed by atoms with Crippen LogP contribution in [0.15, 0.2) is 60.8 Å². The average molecular weight is 504 g/mol. The first-order chi connectivity index (χ1) is 15.4. The first-order valence-corrected chi connectivity index (χ1v) is 10.6. The van der Waals surface area contributed by atoms with Crippen LogP contribution in [0.2, 0.25) is 5.02 Å². The zero-order valence-electron chi connectivity index (χ0n) is 19.2. The summed E-state index contributed by atoms with van der Waals surface area (Å²) in [6.45, 7) is 5.98. The van der Waals surface area contributed by atoms with E-state index in [1.54, 1.807) is 30.1 Å². The van der Waals surface area contributed by atoms with Gasteiger partial charge in [0.15, 0.2) is 0 Å². The molecule has 0 amide bonds. The van der Waals surface area contributed by atoms with Crippen molar-refractivity contribution in [1.82, 2.24) is 19.7 Å². The van der Waals surface area contributed by atoms with Crippen LogP contribution < -0.4 is 14.8 Å². The molecule has 0 fully saturated rings. The van der Waals surface area contributed by atoms with Crippen molar-refractivity contribution in [1.29, 1.82) is 0 Å². The van der Waals surface area contributed by atoms with Gasteiger partial charge in [-0.05, 0) is 62.7 Å². The van der Waals surface area contributed by atoms with Crippen LogP contribution in [-0.2, 0) is 0 Å². The number of aryl methyl sites for hydroxylation is 1. The molecular formula is C24H27Cl2N5O3. The third-order valence-electron chi connectivity index (χ3n) is 4.79. The number of pyridine rings is 1. The summed E-state index contributed by atoms with van der Waals surface area (Å²) in [4.78, 5) is 8.78. The van der Waals surface area contributed by atoms with Crippen LogP contribution in [0.1, 0.15) is 25.6 Å². The second kappa shape index (κ2) is 11.7. The molecule has 0 aliphatic carbocycles. The zero-order chi connectivity index (χ0) is 22.7.